The Balaban J connectivity index is 1.87. The first-order valence-electron chi connectivity index (χ1n) is 5.53. The lowest BCUT2D eigenvalue weighted by Gasteiger charge is -2.13. The van der Waals surface area contributed by atoms with E-state index in [-0.39, 0.29) is 0 Å². The average Bonchev–Trinajstić information content (AvgIpc) is 2.90. The molecule has 0 radical (unpaired) electrons. The SMILES string of the molecule is Brc1cnn2cc(CN3CCCC3)cnc12. The van der Waals surface area contributed by atoms with Gasteiger partial charge in [0.15, 0.2) is 5.65 Å². The second-order valence-electron chi connectivity index (χ2n) is 4.21. The summed E-state index contributed by atoms with van der Waals surface area (Å²) in [5.74, 6) is 0. The fourth-order valence-corrected chi connectivity index (χ4v) is 2.54. The normalized spacial score (nSPS) is 17.3. The maximum absolute atomic E-state index is 4.41. The molecule has 4 nitrogen and oxygen atoms in total. The third kappa shape index (κ3) is 1.85. The lowest BCUT2D eigenvalue weighted by Crippen LogP contribution is -2.18. The number of nitrogens with zero attached hydrogens (tertiary/aromatic N) is 4. The number of aromatic nitrogens is 3. The molecular formula is C11H13BrN4. The summed E-state index contributed by atoms with van der Waals surface area (Å²) < 4.78 is 2.77. The monoisotopic (exact) mass is 280 g/mol. The first kappa shape index (κ1) is 10.2. The summed E-state index contributed by atoms with van der Waals surface area (Å²) in [6, 6.07) is 0. The molecule has 2 aromatic heterocycles. The summed E-state index contributed by atoms with van der Waals surface area (Å²) in [7, 11) is 0. The summed E-state index contributed by atoms with van der Waals surface area (Å²) in [6.45, 7) is 3.40. The van der Waals surface area contributed by atoms with Crippen LogP contribution in [0.15, 0.2) is 23.1 Å². The summed E-state index contributed by atoms with van der Waals surface area (Å²) in [5, 5.41) is 4.24. The van der Waals surface area contributed by atoms with Gasteiger partial charge in [-0.1, -0.05) is 0 Å². The predicted molar refractivity (Wildman–Crippen MR) is 65.2 cm³/mol. The molecule has 0 atom stereocenters. The summed E-state index contributed by atoms with van der Waals surface area (Å²) in [6.07, 6.45) is 8.43. The Labute approximate surface area is 102 Å². The van der Waals surface area contributed by atoms with Crippen molar-refractivity contribution in [2.45, 2.75) is 19.4 Å². The summed E-state index contributed by atoms with van der Waals surface area (Å²) >= 11 is 3.42. The Kier molecular flexibility index (Phi) is 2.65. The molecular weight excluding hydrogens is 268 g/mol. The molecule has 3 rings (SSSR count). The molecule has 0 unspecified atom stereocenters. The molecule has 1 fully saturated rings. The van der Waals surface area contributed by atoms with Gasteiger partial charge in [0.2, 0.25) is 0 Å². The van der Waals surface area contributed by atoms with E-state index >= 15 is 0 Å². The van der Waals surface area contributed by atoms with Gasteiger partial charge in [0.25, 0.3) is 0 Å². The maximum Gasteiger partial charge on any atom is 0.169 e. The standard InChI is InChI=1S/C11H13BrN4/c12-10-6-14-16-8-9(5-13-11(10)16)7-15-3-1-2-4-15/h5-6,8H,1-4,7H2. The average molecular weight is 281 g/mol. The van der Waals surface area contributed by atoms with E-state index in [4.69, 9.17) is 0 Å². The zero-order valence-electron chi connectivity index (χ0n) is 8.93. The molecule has 3 heterocycles. The number of hydrogen-bond acceptors (Lipinski definition) is 3. The van der Waals surface area contributed by atoms with Crippen molar-refractivity contribution in [3.8, 4) is 0 Å². The third-order valence-corrected chi connectivity index (χ3v) is 3.53. The number of likely N-dealkylation sites (tertiary alicyclic amines) is 1. The van der Waals surface area contributed by atoms with E-state index in [1.165, 1.54) is 31.5 Å². The van der Waals surface area contributed by atoms with Crippen LogP contribution in [0.4, 0.5) is 0 Å². The van der Waals surface area contributed by atoms with E-state index < -0.39 is 0 Å². The molecule has 2 aromatic rings. The van der Waals surface area contributed by atoms with Gasteiger partial charge in [-0.15, -0.1) is 0 Å². The zero-order valence-corrected chi connectivity index (χ0v) is 10.5. The Morgan fingerprint density at radius 3 is 2.88 bits per heavy atom. The molecule has 0 N–H and O–H groups in total. The van der Waals surface area contributed by atoms with Gasteiger partial charge in [-0.2, -0.15) is 5.10 Å². The topological polar surface area (TPSA) is 33.4 Å². The zero-order chi connectivity index (χ0) is 11.0. The Morgan fingerprint density at radius 1 is 1.25 bits per heavy atom. The largest absolute Gasteiger partial charge is 0.299 e. The molecule has 16 heavy (non-hydrogen) atoms. The predicted octanol–water partition coefficient (Wildman–Crippen LogP) is 2.09. The van der Waals surface area contributed by atoms with Crippen LogP contribution in [0.5, 0.6) is 0 Å². The molecule has 1 aliphatic rings. The van der Waals surface area contributed by atoms with Crippen LogP contribution in [0.25, 0.3) is 5.65 Å². The van der Waals surface area contributed by atoms with Crippen molar-refractivity contribution in [1.29, 1.82) is 0 Å². The fourth-order valence-electron chi connectivity index (χ4n) is 2.17. The van der Waals surface area contributed by atoms with E-state index in [2.05, 4.69) is 37.1 Å². The van der Waals surface area contributed by atoms with Gasteiger partial charge in [0.1, 0.15) is 0 Å². The van der Waals surface area contributed by atoms with Crippen LogP contribution < -0.4 is 0 Å². The number of fused-ring (bicyclic) bond motifs is 1. The smallest absolute Gasteiger partial charge is 0.169 e. The Bertz CT molecular complexity index is 502. The fraction of sp³-hybridized carbons (Fsp3) is 0.455. The van der Waals surface area contributed by atoms with Crippen molar-refractivity contribution in [1.82, 2.24) is 19.5 Å². The second-order valence-corrected chi connectivity index (χ2v) is 5.06. The van der Waals surface area contributed by atoms with Gasteiger partial charge >= 0.3 is 0 Å². The van der Waals surface area contributed by atoms with Crippen molar-refractivity contribution in [3.63, 3.8) is 0 Å². The minimum absolute atomic E-state index is 0.880. The van der Waals surface area contributed by atoms with E-state index in [0.717, 1.165) is 16.7 Å². The first-order chi connectivity index (χ1) is 7.83. The van der Waals surface area contributed by atoms with E-state index in [0.29, 0.717) is 0 Å². The molecule has 0 aromatic carbocycles. The first-order valence-corrected chi connectivity index (χ1v) is 6.32. The van der Waals surface area contributed by atoms with Crippen LogP contribution in [-0.2, 0) is 6.54 Å². The highest BCUT2D eigenvalue weighted by Gasteiger charge is 2.12. The highest BCUT2D eigenvalue weighted by molar-refractivity contribution is 9.10. The number of rotatable bonds is 2. The van der Waals surface area contributed by atoms with Gasteiger partial charge in [0, 0.05) is 24.5 Å². The molecule has 1 aliphatic heterocycles. The van der Waals surface area contributed by atoms with E-state index in [9.17, 15) is 0 Å². The van der Waals surface area contributed by atoms with Crippen molar-refractivity contribution < 1.29 is 0 Å². The number of halogens is 1. The van der Waals surface area contributed by atoms with Crippen molar-refractivity contribution in [3.05, 3.63) is 28.6 Å². The molecule has 1 saturated heterocycles. The lowest BCUT2D eigenvalue weighted by molar-refractivity contribution is 0.330. The van der Waals surface area contributed by atoms with Crippen LogP contribution in [0.1, 0.15) is 18.4 Å². The minimum atomic E-state index is 0.880. The van der Waals surface area contributed by atoms with Crippen LogP contribution in [-0.4, -0.2) is 32.6 Å². The third-order valence-electron chi connectivity index (χ3n) is 2.97. The highest BCUT2D eigenvalue weighted by atomic mass is 79.9. The van der Waals surface area contributed by atoms with Crippen molar-refractivity contribution in [2.24, 2.45) is 0 Å². The van der Waals surface area contributed by atoms with Crippen LogP contribution in [0.2, 0.25) is 0 Å². The molecule has 0 bridgehead atoms. The molecule has 0 saturated carbocycles. The Morgan fingerprint density at radius 2 is 2.06 bits per heavy atom. The molecule has 0 aliphatic carbocycles. The maximum atomic E-state index is 4.41. The molecule has 0 amide bonds. The van der Waals surface area contributed by atoms with E-state index in [1.807, 2.05) is 10.7 Å². The van der Waals surface area contributed by atoms with Crippen LogP contribution in [0.3, 0.4) is 0 Å². The molecule has 0 spiro atoms. The van der Waals surface area contributed by atoms with Gasteiger partial charge in [-0.3, -0.25) is 4.90 Å². The molecule has 84 valence electrons. The van der Waals surface area contributed by atoms with Crippen molar-refractivity contribution >= 4 is 21.6 Å². The lowest BCUT2D eigenvalue weighted by atomic mass is 10.3. The van der Waals surface area contributed by atoms with Gasteiger partial charge in [-0.05, 0) is 41.9 Å². The van der Waals surface area contributed by atoms with Crippen molar-refractivity contribution in [2.75, 3.05) is 13.1 Å². The highest BCUT2D eigenvalue weighted by Crippen LogP contribution is 2.16. The number of hydrogen-bond donors (Lipinski definition) is 0. The van der Waals surface area contributed by atoms with E-state index in [1.54, 1.807) is 6.20 Å². The quantitative estimate of drug-likeness (QED) is 0.845. The Hall–Kier alpha value is -0.940. The molecule has 5 heteroatoms. The van der Waals surface area contributed by atoms with Crippen LogP contribution >= 0.6 is 15.9 Å². The summed E-state index contributed by atoms with van der Waals surface area (Å²) in [5.41, 5.74) is 2.11. The summed E-state index contributed by atoms with van der Waals surface area (Å²) in [4.78, 5) is 6.87. The van der Waals surface area contributed by atoms with Crippen LogP contribution in [0, 0.1) is 0 Å². The van der Waals surface area contributed by atoms with Gasteiger partial charge in [0.05, 0.1) is 10.7 Å². The minimum Gasteiger partial charge on any atom is -0.299 e. The van der Waals surface area contributed by atoms with Gasteiger partial charge in [-0.25, -0.2) is 9.50 Å². The second kappa shape index (κ2) is 4.14. The van der Waals surface area contributed by atoms with Gasteiger partial charge < -0.3 is 0 Å².